The number of carbonyl (C=O) groups excluding carboxylic acids is 1. The van der Waals surface area contributed by atoms with E-state index in [9.17, 15) is 4.79 Å². The van der Waals surface area contributed by atoms with Gasteiger partial charge in [-0.05, 0) is 55.4 Å². The van der Waals surface area contributed by atoms with Gasteiger partial charge in [0.05, 0.1) is 25.4 Å². The molecule has 0 N–H and O–H groups in total. The second kappa shape index (κ2) is 10.4. The minimum atomic E-state index is -0.229. The lowest BCUT2D eigenvalue weighted by Gasteiger charge is -2.40. The van der Waals surface area contributed by atoms with E-state index in [1.165, 1.54) is 16.7 Å². The Hall–Kier alpha value is -2.33. The lowest BCUT2D eigenvalue weighted by atomic mass is 9.92. The predicted molar refractivity (Wildman–Crippen MR) is 116 cm³/mol. The maximum absolute atomic E-state index is 12.8. The van der Waals surface area contributed by atoms with Crippen molar-refractivity contribution in [2.24, 2.45) is 0 Å². The van der Waals surface area contributed by atoms with Crippen molar-refractivity contribution >= 4 is 6.09 Å². The van der Waals surface area contributed by atoms with E-state index in [1.807, 2.05) is 23.1 Å². The second-order valence-corrected chi connectivity index (χ2v) is 7.87. The summed E-state index contributed by atoms with van der Waals surface area (Å²) in [5.74, 6) is 0. The zero-order valence-electron chi connectivity index (χ0n) is 17.9. The van der Waals surface area contributed by atoms with Crippen molar-refractivity contribution in [3.8, 4) is 0 Å². The molecule has 0 radical (unpaired) electrons. The number of rotatable bonds is 7. The highest BCUT2D eigenvalue weighted by Crippen LogP contribution is 2.34. The first-order chi connectivity index (χ1) is 14.1. The van der Waals surface area contributed by atoms with E-state index < -0.39 is 0 Å². The Morgan fingerprint density at radius 3 is 2.66 bits per heavy atom. The molecule has 2 atom stereocenters. The zero-order valence-corrected chi connectivity index (χ0v) is 17.9. The van der Waals surface area contributed by atoms with Gasteiger partial charge in [0.25, 0.3) is 0 Å². The normalized spacial score (nSPS) is 19.2. The van der Waals surface area contributed by atoms with Crippen LogP contribution in [0.3, 0.4) is 0 Å². The minimum absolute atomic E-state index is 0.0511. The van der Waals surface area contributed by atoms with Gasteiger partial charge < -0.3 is 9.47 Å². The molecule has 3 rings (SSSR count). The molecule has 29 heavy (non-hydrogen) atoms. The molecule has 1 amide bonds. The Kier molecular flexibility index (Phi) is 7.70. The van der Waals surface area contributed by atoms with E-state index in [2.05, 4.69) is 51.1 Å². The standard InChI is InChI=1S/C25H33NO3/c1-4-5-17-28-25(27)26-16-10-15-23(24(26)21-12-7-6-8-13-21)29-18-22-14-9-11-19(2)20(22)3/h6-9,11-14,23-24H,4-5,10,15-18H2,1-3H3/t23-,24-/m0/s1. The van der Waals surface area contributed by atoms with Crippen LogP contribution in [0.15, 0.2) is 48.5 Å². The molecular formula is C25H33NO3. The SMILES string of the molecule is CCCCOC(=O)N1CCC[C@H](OCc2cccc(C)c2C)[C@@H]1c1ccccc1. The largest absolute Gasteiger partial charge is 0.449 e. The number of ether oxygens (including phenoxy) is 2. The van der Waals surface area contributed by atoms with Gasteiger partial charge in [0.2, 0.25) is 0 Å². The van der Waals surface area contributed by atoms with Gasteiger partial charge in [0, 0.05) is 6.54 Å². The van der Waals surface area contributed by atoms with Crippen molar-refractivity contribution in [2.45, 2.75) is 65.2 Å². The lowest BCUT2D eigenvalue weighted by molar-refractivity contribution is -0.0494. The molecule has 1 heterocycles. The fraction of sp³-hybridized carbons (Fsp3) is 0.480. The molecule has 0 spiro atoms. The van der Waals surface area contributed by atoms with Crippen LogP contribution in [-0.2, 0) is 16.1 Å². The first-order valence-corrected chi connectivity index (χ1v) is 10.8. The highest BCUT2D eigenvalue weighted by molar-refractivity contribution is 5.68. The van der Waals surface area contributed by atoms with Crippen molar-refractivity contribution in [2.75, 3.05) is 13.2 Å². The van der Waals surface area contributed by atoms with Gasteiger partial charge in [0.15, 0.2) is 0 Å². The van der Waals surface area contributed by atoms with Crippen LogP contribution in [0, 0.1) is 13.8 Å². The molecule has 2 aromatic carbocycles. The highest BCUT2D eigenvalue weighted by Gasteiger charge is 2.37. The van der Waals surface area contributed by atoms with Gasteiger partial charge in [-0.2, -0.15) is 0 Å². The summed E-state index contributed by atoms with van der Waals surface area (Å²) in [5, 5.41) is 0. The minimum Gasteiger partial charge on any atom is -0.449 e. The van der Waals surface area contributed by atoms with Gasteiger partial charge in [-0.3, -0.25) is 4.90 Å². The Morgan fingerprint density at radius 2 is 1.90 bits per heavy atom. The van der Waals surface area contributed by atoms with Crippen molar-refractivity contribution < 1.29 is 14.3 Å². The van der Waals surface area contributed by atoms with Gasteiger partial charge in [-0.25, -0.2) is 4.79 Å². The number of aryl methyl sites for hydroxylation is 1. The molecular weight excluding hydrogens is 362 g/mol. The lowest BCUT2D eigenvalue weighted by Crippen LogP contribution is -2.46. The van der Waals surface area contributed by atoms with Crippen LogP contribution >= 0.6 is 0 Å². The average molecular weight is 396 g/mol. The van der Waals surface area contributed by atoms with Crippen molar-refractivity contribution in [1.82, 2.24) is 4.90 Å². The molecule has 1 aliphatic heterocycles. The van der Waals surface area contributed by atoms with Crippen LogP contribution in [0.4, 0.5) is 4.79 Å². The molecule has 1 saturated heterocycles. The molecule has 4 nitrogen and oxygen atoms in total. The Balaban J connectivity index is 1.78. The first kappa shape index (κ1) is 21.4. The third kappa shape index (κ3) is 5.39. The summed E-state index contributed by atoms with van der Waals surface area (Å²) in [6.07, 6.45) is 3.48. The number of unbranched alkanes of at least 4 members (excludes halogenated alkanes) is 1. The Morgan fingerprint density at radius 1 is 1.10 bits per heavy atom. The smallest absolute Gasteiger partial charge is 0.410 e. The first-order valence-electron chi connectivity index (χ1n) is 10.8. The molecule has 1 fully saturated rings. The van der Waals surface area contributed by atoms with Crippen LogP contribution in [0.1, 0.15) is 60.9 Å². The van der Waals surface area contributed by atoms with Crippen molar-refractivity contribution in [3.63, 3.8) is 0 Å². The van der Waals surface area contributed by atoms with E-state index in [0.717, 1.165) is 31.2 Å². The highest BCUT2D eigenvalue weighted by atomic mass is 16.6. The molecule has 0 aromatic heterocycles. The van der Waals surface area contributed by atoms with E-state index in [-0.39, 0.29) is 18.2 Å². The van der Waals surface area contributed by atoms with Gasteiger partial charge in [0.1, 0.15) is 0 Å². The molecule has 0 bridgehead atoms. The molecule has 1 aliphatic rings. The predicted octanol–water partition coefficient (Wildman–Crippen LogP) is 5.96. The van der Waals surface area contributed by atoms with Crippen LogP contribution in [0.25, 0.3) is 0 Å². The third-order valence-electron chi connectivity index (χ3n) is 5.84. The maximum Gasteiger partial charge on any atom is 0.410 e. The van der Waals surface area contributed by atoms with E-state index >= 15 is 0 Å². The fourth-order valence-electron chi connectivity index (χ4n) is 3.94. The van der Waals surface area contributed by atoms with Gasteiger partial charge in [-0.15, -0.1) is 0 Å². The van der Waals surface area contributed by atoms with E-state index in [1.54, 1.807) is 0 Å². The Bertz CT molecular complexity index is 790. The summed E-state index contributed by atoms with van der Waals surface area (Å²) in [6, 6.07) is 16.4. The van der Waals surface area contributed by atoms with Crippen LogP contribution in [0.5, 0.6) is 0 Å². The van der Waals surface area contributed by atoms with Crippen LogP contribution < -0.4 is 0 Å². The van der Waals surface area contributed by atoms with Gasteiger partial charge >= 0.3 is 6.09 Å². The van der Waals surface area contributed by atoms with E-state index in [0.29, 0.717) is 19.8 Å². The molecule has 0 unspecified atom stereocenters. The fourth-order valence-corrected chi connectivity index (χ4v) is 3.94. The van der Waals surface area contributed by atoms with Crippen LogP contribution in [-0.4, -0.2) is 30.2 Å². The summed E-state index contributed by atoms with van der Waals surface area (Å²) in [4.78, 5) is 14.7. The number of piperidine rings is 1. The number of hydrogen-bond acceptors (Lipinski definition) is 3. The number of carbonyl (C=O) groups is 1. The summed E-state index contributed by atoms with van der Waals surface area (Å²) in [6.45, 7) is 8.09. The monoisotopic (exact) mass is 395 g/mol. The molecule has 0 aliphatic carbocycles. The number of likely N-dealkylation sites (tertiary alicyclic amines) is 1. The molecule has 0 saturated carbocycles. The summed E-state index contributed by atoms with van der Waals surface area (Å²) in [7, 11) is 0. The summed E-state index contributed by atoms with van der Waals surface area (Å²) < 4.78 is 12.0. The molecule has 4 heteroatoms. The topological polar surface area (TPSA) is 38.8 Å². The number of amides is 1. The van der Waals surface area contributed by atoms with Crippen LogP contribution in [0.2, 0.25) is 0 Å². The van der Waals surface area contributed by atoms with Crippen molar-refractivity contribution in [1.29, 1.82) is 0 Å². The van der Waals surface area contributed by atoms with Crippen molar-refractivity contribution in [3.05, 3.63) is 70.8 Å². The maximum atomic E-state index is 12.8. The number of nitrogens with zero attached hydrogens (tertiary/aromatic N) is 1. The Labute approximate surface area is 174 Å². The molecule has 2 aromatic rings. The number of hydrogen-bond donors (Lipinski definition) is 0. The summed E-state index contributed by atoms with van der Waals surface area (Å²) >= 11 is 0. The average Bonchev–Trinajstić information content (AvgIpc) is 2.75. The van der Waals surface area contributed by atoms with E-state index in [4.69, 9.17) is 9.47 Å². The zero-order chi connectivity index (χ0) is 20.6. The second-order valence-electron chi connectivity index (χ2n) is 7.87. The molecule has 156 valence electrons. The quantitative estimate of drug-likeness (QED) is 0.543. The summed E-state index contributed by atoms with van der Waals surface area (Å²) in [5.41, 5.74) is 4.86. The number of benzene rings is 2. The third-order valence-corrected chi connectivity index (χ3v) is 5.84. The van der Waals surface area contributed by atoms with Gasteiger partial charge in [-0.1, -0.05) is 61.9 Å².